The first kappa shape index (κ1) is 12.3. The normalized spacial score (nSPS) is 38.9. The van der Waals surface area contributed by atoms with Crippen LogP contribution >= 0.6 is 0 Å². The number of esters is 1. The number of hydrogen-bond donors (Lipinski definition) is 0. The van der Waals surface area contributed by atoms with E-state index in [1.807, 2.05) is 31.2 Å². The number of cyclic esters (lactones) is 1. The maximum absolute atomic E-state index is 13.1. The lowest BCUT2D eigenvalue weighted by Crippen LogP contribution is -2.48. The summed E-state index contributed by atoms with van der Waals surface area (Å²) >= 11 is 0. The molecule has 1 saturated carbocycles. The number of hydrogen-bond acceptors (Lipinski definition) is 3. The van der Waals surface area contributed by atoms with Gasteiger partial charge < -0.3 is 4.74 Å². The Kier molecular flexibility index (Phi) is 2.49. The largest absolute Gasteiger partial charge is 0.464 e. The molecule has 20 heavy (non-hydrogen) atoms. The minimum atomic E-state index is -1.35. The van der Waals surface area contributed by atoms with Crippen LogP contribution < -0.4 is 0 Å². The standard InChI is InChI=1S/C16H16O3S/c1-10-2-6-13(7-3-10)20(18)16-12-5-4-11(8-12)14(16)9-19-15(16)17/h2-7,11-12,14H,8-9H2,1H3/t11-,12+,14+,16+,20?/m0/s1. The maximum Gasteiger partial charge on any atom is 0.326 e. The lowest BCUT2D eigenvalue weighted by molar-refractivity contribution is -0.140. The molecule has 1 saturated heterocycles. The van der Waals surface area contributed by atoms with Crippen LogP contribution in [0.1, 0.15) is 12.0 Å². The number of rotatable bonds is 2. The van der Waals surface area contributed by atoms with Gasteiger partial charge in [-0.1, -0.05) is 29.8 Å². The number of fused-ring (bicyclic) bond motifs is 5. The Hall–Kier alpha value is -1.42. The van der Waals surface area contributed by atoms with Gasteiger partial charge >= 0.3 is 5.97 Å². The number of carbonyl (C=O) groups excluding carboxylic acids is 1. The van der Waals surface area contributed by atoms with E-state index in [0.29, 0.717) is 12.5 Å². The van der Waals surface area contributed by atoms with Crippen LogP contribution in [-0.4, -0.2) is 21.5 Å². The quantitative estimate of drug-likeness (QED) is 0.619. The van der Waals surface area contributed by atoms with Crippen molar-refractivity contribution in [3.63, 3.8) is 0 Å². The molecule has 1 heterocycles. The van der Waals surface area contributed by atoms with E-state index in [2.05, 4.69) is 12.2 Å². The van der Waals surface area contributed by atoms with Gasteiger partial charge in [0, 0.05) is 16.7 Å². The van der Waals surface area contributed by atoms with Crippen LogP contribution in [0, 0.1) is 24.7 Å². The summed E-state index contributed by atoms with van der Waals surface area (Å²) < 4.78 is 17.6. The predicted molar refractivity (Wildman–Crippen MR) is 75.5 cm³/mol. The molecule has 1 unspecified atom stereocenters. The summed E-state index contributed by atoms with van der Waals surface area (Å²) in [4.78, 5) is 13.1. The van der Waals surface area contributed by atoms with Gasteiger partial charge in [-0.3, -0.25) is 9.00 Å². The van der Waals surface area contributed by atoms with E-state index in [1.165, 1.54) is 0 Å². The van der Waals surface area contributed by atoms with Crippen LogP contribution in [0.5, 0.6) is 0 Å². The van der Waals surface area contributed by atoms with E-state index >= 15 is 0 Å². The minimum absolute atomic E-state index is 0.0645. The number of benzene rings is 1. The SMILES string of the molecule is Cc1ccc(S(=O)[C@@]23C(=O)OC[C@@H]2[C@H]2C=C[C@@H]3C2)cc1. The lowest BCUT2D eigenvalue weighted by atomic mass is 9.84. The fraction of sp³-hybridized carbons (Fsp3) is 0.438. The van der Waals surface area contributed by atoms with Crippen LogP contribution in [0.15, 0.2) is 41.3 Å². The molecule has 2 bridgehead atoms. The summed E-state index contributed by atoms with van der Waals surface area (Å²) in [5.74, 6) is 0.223. The smallest absolute Gasteiger partial charge is 0.326 e. The molecule has 0 amide bonds. The molecule has 2 fully saturated rings. The first-order chi connectivity index (χ1) is 9.64. The van der Waals surface area contributed by atoms with Gasteiger partial charge in [0.05, 0.1) is 17.4 Å². The van der Waals surface area contributed by atoms with Gasteiger partial charge in [0.25, 0.3) is 0 Å². The van der Waals surface area contributed by atoms with Gasteiger partial charge in [-0.15, -0.1) is 0 Å². The molecule has 104 valence electrons. The van der Waals surface area contributed by atoms with Crippen molar-refractivity contribution in [2.24, 2.45) is 17.8 Å². The molecule has 0 N–H and O–H groups in total. The van der Waals surface area contributed by atoms with Crippen LogP contribution in [0.4, 0.5) is 0 Å². The molecule has 2 aliphatic carbocycles. The molecular formula is C16H16O3S. The van der Waals surface area contributed by atoms with E-state index < -0.39 is 15.5 Å². The zero-order chi connectivity index (χ0) is 13.9. The molecule has 0 aromatic heterocycles. The average Bonchev–Trinajstić information content (AvgIpc) is 3.12. The van der Waals surface area contributed by atoms with E-state index in [9.17, 15) is 9.00 Å². The van der Waals surface area contributed by atoms with E-state index in [0.717, 1.165) is 16.9 Å². The van der Waals surface area contributed by atoms with Crippen molar-refractivity contribution in [3.8, 4) is 0 Å². The number of allylic oxidation sites excluding steroid dienone is 2. The number of carbonyl (C=O) groups is 1. The van der Waals surface area contributed by atoms with Gasteiger partial charge in [-0.25, -0.2) is 0 Å². The summed E-state index contributed by atoms with van der Waals surface area (Å²) in [5.41, 5.74) is 1.13. The molecule has 4 heteroatoms. The Morgan fingerprint density at radius 2 is 2.00 bits per heavy atom. The summed E-state index contributed by atoms with van der Waals surface area (Å²) in [5, 5.41) is 0. The summed E-state index contributed by atoms with van der Waals surface area (Å²) in [6.45, 7) is 2.42. The third kappa shape index (κ3) is 1.35. The minimum Gasteiger partial charge on any atom is -0.464 e. The second-order valence-electron chi connectivity index (χ2n) is 5.97. The van der Waals surface area contributed by atoms with Crippen LogP contribution in [-0.2, 0) is 20.3 Å². The zero-order valence-electron chi connectivity index (χ0n) is 11.2. The van der Waals surface area contributed by atoms with E-state index in [1.54, 1.807) is 0 Å². The highest BCUT2D eigenvalue weighted by atomic mass is 32.2. The molecule has 5 atom stereocenters. The average molecular weight is 288 g/mol. The maximum atomic E-state index is 13.1. The van der Waals surface area contributed by atoms with Crippen molar-refractivity contribution in [1.82, 2.24) is 0 Å². The Labute approximate surface area is 120 Å². The molecule has 4 rings (SSSR count). The zero-order valence-corrected chi connectivity index (χ0v) is 12.1. The molecule has 1 aliphatic heterocycles. The van der Waals surface area contributed by atoms with Gasteiger partial charge in [-0.05, 0) is 31.4 Å². The highest BCUT2D eigenvalue weighted by Gasteiger charge is 2.68. The van der Waals surface area contributed by atoms with Crippen LogP contribution in [0.2, 0.25) is 0 Å². The molecule has 1 aromatic carbocycles. The van der Waals surface area contributed by atoms with Crippen molar-refractivity contribution in [3.05, 3.63) is 42.0 Å². The first-order valence-corrected chi connectivity index (χ1v) is 8.13. The summed E-state index contributed by atoms with van der Waals surface area (Å²) in [6, 6.07) is 7.64. The topological polar surface area (TPSA) is 43.4 Å². The molecular weight excluding hydrogens is 272 g/mol. The van der Waals surface area contributed by atoms with Gasteiger partial charge in [0.1, 0.15) is 0 Å². The predicted octanol–water partition coefficient (Wildman–Crippen LogP) is 2.22. The Morgan fingerprint density at radius 3 is 2.75 bits per heavy atom. The van der Waals surface area contributed by atoms with Crippen LogP contribution in [0.3, 0.4) is 0 Å². The van der Waals surface area contributed by atoms with Crippen molar-refractivity contribution >= 4 is 16.8 Å². The van der Waals surface area contributed by atoms with Crippen LogP contribution in [0.25, 0.3) is 0 Å². The Balaban J connectivity index is 1.82. The molecule has 3 nitrogen and oxygen atoms in total. The molecule has 0 spiro atoms. The fourth-order valence-electron chi connectivity index (χ4n) is 3.97. The van der Waals surface area contributed by atoms with E-state index in [4.69, 9.17) is 4.74 Å². The number of aryl methyl sites for hydroxylation is 1. The van der Waals surface area contributed by atoms with E-state index in [-0.39, 0.29) is 17.8 Å². The third-order valence-electron chi connectivity index (χ3n) is 4.99. The van der Waals surface area contributed by atoms with Crippen molar-refractivity contribution in [2.45, 2.75) is 23.0 Å². The lowest BCUT2D eigenvalue weighted by Gasteiger charge is -2.31. The Morgan fingerprint density at radius 1 is 1.25 bits per heavy atom. The van der Waals surface area contributed by atoms with Crippen molar-refractivity contribution < 1.29 is 13.7 Å². The summed E-state index contributed by atoms with van der Waals surface area (Å²) in [6.07, 6.45) is 5.18. The number of ether oxygens (including phenoxy) is 1. The van der Waals surface area contributed by atoms with Gasteiger partial charge in [-0.2, -0.15) is 0 Å². The molecule has 1 aromatic rings. The Bertz CT molecular complexity index is 634. The highest BCUT2D eigenvalue weighted by Crippen LogP contribution is 2.57. The highest BCUT2D eigenvalue weighted by molar-refractivity contribution is 7.87. The first-order valence-electron chi connectivity index (χ1n) is 6.98. The monoisotopic (exact) mass is 288 g/mol. The van der Waals surface area contributed by atoms with Crippen molar-refractivity contribution in [1.29, 1.82) is 0 Å². The second kappa shape index (κ2) is 4.04. The summed E-state index contributed by atoms with van der Waals surface area (Å²) in [7, 11) is -1.35. The second-order valence-corrected chi connectivity index (χ2v) is 7.66. The molecule has 3 aliphatic rings. The van der Waals surface area contributed by atoms with Crippen molar-refractivity contribution in [2.75, 3.05) is 6.61 Å². The molecule has 0 radical (unpaired) electrons. The van der Waals surface area contributed by atoms with Gasteiger partial charge in [0.2, 0.25) is 0 Å². The third-order valence-corrected chi connectivity index (χ3v) is 7.08. The van der Waals surface area contributed by atoms with Gasteiger partial charge in [0.15, 0.2) is 4.75 Å². The fourth-order valence-corrected chi connectivity index (χ4v) is 5.92.